The van der Waals surface area contributed by atoms with Crippen LogP contribution >= 0.6 is 11.6 Å². The van der Waals surface area contributed by atoms with Gasteiger partial charge in [0.25, 0.3) is 0 Å². The molecule has 2 aromatic carbocycles. The lowest BCUT2D eigenvalue weighted by atomic mass is 10.2. The molecule has 2 aromatic rings. The minimum Gasteiger partial charge on any atom is -0.490 e. The van der Waals surface area contributed by atoms with E-state index in [9.17, 15) is 0 Å². The van der Waals surface area contributed by atoms with E-state index in [1.165, 1.54) is 11.1 Å². The minimum absolute atomic E-state index is 0.524. The molecule has 0 saturated heterocycles. The van der Waals surface area contributed by atoms with Crippen molar-refractivity contribution in [3.8, 4) is 5.75 Å². The normalized spacial score (nSPS) is 10.1. The molecule has 0 radical (unpaired) electrons. The molecule has 1 N–H and O–H groups in total. The molecule has 0 spiro atoms. The third kappa shape index (κ3) is 4.04. The van der Waals surface area contributed by atoms with Crippen molar-refractivity contribution in [2.24, 2.45) is 0 Å². The van der Waals surface area contributed by atoms with Crippen LogP contribution in [0.4, 0.5) is 5.69 Å². The van der Waals surface area contributed by atoms with E-state index in [4.69, 9.17) is 16.3 Å². The van der Waals surface area contributed by atoms with Crippen LogP contribution in [0.25, 0.3) is 0 Å². The third-order valence-corrected chi connectivity index (χ3v) is 3.23. The number of nitrogens with one attached hydrogen (secondary N) is 1. The Labute approximate surface area is 125 Å². The van der Waals surface area contributed by atoms with Gasteiger partial charge in [-0.2, -0.15) is 0 Å². The predicted octanol–water partition coefficient (Wildman–Crippen LogP) is 4.83. The van der Waals surface area contributed by atoms with E-state index >= 15 is 0 Å². The van der Waals surface area contributed by atoms with Crippen LogP contribution < -0.4 is 10.1 Å². The first kappa shape index (κ1) is 14.5. The summed E-state index contributed by atoms with van der Waals surface area (Å²) in [6.07, 6.45) is 1.73. The molecule has 2 rings (SSSR count). The van der Waals surface area contributed by atoms with Crippen LogP contribution in [-0.2, 0) is 6.54 Å². The molecule has 0 fully saturated rings. The molecular weight excluding hydrogens is 270 g/mol. The molecule has 0 aromatic heterocycles. The Morgan fingerprint density at radius 2 is 1.95 bits per heavy atom. The Balaban J connectivity index is 1.96. The molecule has 0 aliphatic heterocycles. The number of aryl methyl sites for hydroxylation is 1. The SMILES string of the molecule is C=CCOc1ccc(CNc2cc(C)ccc2Cl)cc1. The van der Waals surface area contributed by atoms with Gasteiger partial charge in [-0.3, -0.25) is 0 Å². The summed E-state index contributed by atoms with van der Waals surface area (Å²) < 4.78 is 5.45. The molecule has 0 amide bonds. The zero-order valence-corrected chi connectivity index (χ0v) is 12.3. The molecule has 0 unspecified atom stereocenters. The molecule has 0 aliphatic carbocycles. The van der Waals surface area contributed by atoms with Gasteiger partial charge in [0.1, 0.15) is 12.4 Å². The summed E-state index contributed by atoms with van der Waals surface area (Å²) in [4.78, 5) is 0. The van der Waals surface area contributed by atoms with E-state index < -0.39 is 0 Å². The first-order chi connectivity index (χ1) is 9.69. The molecule has 0 aliphatic rings. The highest BCUT2D eigenvalue weighted by Gasteiger charge is 2.01. The largest absolute Gasteiger partial charge is 0.490 e. The molecular formula is C17H18ClNO. The van der Waals surface area contributed by atoms with Crippen LogP contribution in [0.3, 0.4) is 0 Å². The lowest BCUT2D eigenvalue weighted by Gasteiger charge is -2.10. The summed E-state index contributed by atoms with van der Waals surface area (Å²) >= 11 is 6.15. The highest BCUT2D eigenvalue weighted by molar-refractivity contribution is 6.33. The van der Waals surface area contributed by atoms with Gasteiger partial charge in [-0.15, -0.1) is 0 Å². The van der Waals surface area contributed by atoms with E-state index in [-0.39, 0.29) is 0 Å². The fourth-order valence-corrected chi connectivity index (χ4v) is 2.01. The quantitative estimate of drug-likeness (QED) is 0.769. The van der Waals surface area contributed by atoms with Gasteiger partial charge in [-0.1, -0.05) is 42.5 Å². The number of ether oxygens (including phenoxy) is 1. The van der Waals surface area contributed by atoms with E-state index in [1.807, 2.05) is 49.4 Å². The van der Waals surface area contributed by atoms with Crippen molar-refractivity contribution in [1.29, 1.82) is 0 Å². The second-order valence-electron chi connectivity index (χ2n) is 4.58. The Hall–Kier alpha value is -1.93. The Bertz CT molecular complexity index is 578. The number of hydrogen-bond acceptors (Lipinski definition) is 2. The highest BCUT2D eigenvalue weighted by atomic mass is 35.5. The van der Waals surface area contributed by atoms with Crippen LogP contribution in [-0.4, -0.2) is 6.61 Å². The van der Waals surface area contributed by atoms with Gasteiger partial charge in [0, 0.05) is 6.54 Å². The number of halogens is 1. The van der Waals surface area contributed by atoms with Crippen molar-refractivity contribution >= 4 is 17.3 Å². The smallest absolute Gasteiger partial charge is 0.119 e. The molecule has 0 heterocycles. The summed E-state index contributed by atoms with van der Waals surface area (Å²) in [6.45, 7) is 6.92. The molecule has 2 nitrogen and oxygen atoms in total. The third-order valence-electron chi connectivity index (χ3n) is 2.90. The standard InChI is InChI=1S/C17H18ClNO/c1-3-10-20-15-7-5-14(6-8-15)12-19-17-11-13(2)4-9-16(17)18/h3-9,11,19H,1,10,12H2,2H3. The van der Waals surface area contributed by atoms with E-state index in [0.717, 1.165) is 23.0 Å². The second kappa shape index (κ2) is 7.01. The van der Waals surface area contributed by atoms with Crippen LogP contribution in [0.1, 0.15) is 11.1 Å². The monoisotopic (exact) mass is 287 g/mol. The molecule has 0 atom stereocenters. The Morgan fingerprint density at radius 3 is 2.65 bits per heavy atom. The van der Waals surface area contributed by atoms with Crippen LogP contribution in [0.2, 0.25) is 5.02 Å². The fourth-order valence-electron chi connectivity index (χ4n) is 1.83. The number of anilines is 1. The van der Waals surface area contributed by atoms with E-state index in [2.05, 4.69) is 11.9 Å². The Morgan fingerprint density at radius 1 is 1.20 bits per heavy atom. The van der Waals surface area contributed by atoms with Crippen LogP contribution in [0.5, 0.6) is 5.75 Å². The van der Waals surface area contributed by atoms with Gasteiger partial charge in [0.05, 0.1) is 10.7 Å². The van der Waals surface area contributed by atoms with Crippen LogP contribution in [0.15, 0.2) is 55.1 Å². The van der Waals surface area contributed by atoms with Gasteiger partial charge in [0.15, 0.2) is 0 Å². The van der Waals surface area contributed by atoms with Crippen molar-refractivity contribution in [1.82, 2.24) is 0 Å². The van der Waals surface area contributed by atoms with Gasteiger partial charge in [0.2, 0.25) is 0 Å². The summed E-state index contributed by atoms with van der Waals surface area (Å²) in [5.74, 6) is 0.849. The maximum absolute atomic E-state index is 6.15. The van der Waals surface area contributed by atoms with Crippen molar-refractivity contribution in [3.05, 3.63) is 71.3 Å². The number of hydrogen-bond donors (Lipinski definition) is 1. The van der Waals surface area contributed by atoms with Gasteiger partial charge < -0.3 is 10.1 Å². The topological polar surface area (TPSA) is 21.3 Å². The lowest BCUT2D eigenvalue weighted by molar-refractivity contribution is 0.363. The van der Waals surface area contributed by atoms with Crippen molar-refractivity contribution in [2.45, 2.75) is 13.5 Å². The minimum atomic E-state index is 0.524. The first-order valence-electron chi connectivity index (χ1n) is 6.51. The number of rotatable bonds is 6. The summed E-state index contributed by atoms with van der Waals surface area (Å²) in [5, 5.41) is 4.08. The predicted molar refractivity (Wildman–Crippen MR) is 85.6 cm³/mol. The Kier molecular flexibility index (Phi) is 5.08. The zero-order chi connectivity index (χ0) is 14.4. The highest BCUT2D eigenvalue weighted by Crippen LogP contribution is 2.23. The molecule has 104 valence electrons. The molecule has 3 heteroatoms. The van der Waals surface area contributed by atoms with Gasteiger partial charge >= 0.3 is 0 Å². The summed E-state index contributed by atoms with van der Waals surface area (Å²) in [7, 11) is 0. The maximum atomic E-state index is 6.15. The first-order valence-corrected chi connectivity index (χ1v) is 6.89. The van der Waals surface area contributed by atoms with E-state index in [1.54, 1.807) is 6.08 Å². The average molecular weight is 288 g/mol. The van der Waals surface area contributed by atoms with Gasteiger partial charge in [-0.25, -0.2) is 0 Å². The molecule has 0 bridgehead atoms. The maximum Gasteiger partial charge on any atom is 0.119 e. The van der Waals surface area contributed by atoms with Gasteiger partial charge in [-0.05, 0) is 42.3 Å². The van der Waals surface area contributed by atoms with Crippen LogP contribution in [0, 0.1) is 6.92 Å². The van der Waals surface area contributed by atoms with Crippen molar-refractivity contribution < 1.29 is 4.74 Å². The average Bonchev–Trinajstić information content (AvgIpc) is 2.47. The van der Waals surface area contributed by atoms with Crippen molar-refractivity contribution in [3.63, 3.8) is 0 Å². The van der Waals surface area contributed by atoms with Crippen molar-refractivity contribution in [2.75, 3.05) is 11.9 Å². The fraction of sp³-hybridized carbons (Fsp3) is 0.176. The van der Waals surface area contributed by atoms with E-state index in [0.29, 0.717) is 6.61 Å². The number of benzene rings is 2. The molecule has 20 heavy (non-hydrogen) atoms. The summed E-state index contributed by atoms with van der Waals surface area (Å²) in [5.41, 5.74) is 3.32. The lowest BCUT2D eigenvalue weighted by Crippen LogP contribution is -2.00. The summed E-state index contributed by atoms with van der Waals surface area (Å²) in [6, 6.07) is 13.9. The molecule has 0 saturated carbocycles. The zero-order valence-electron chi connectivity index (χ0n) is 11.5. The second-order valence-corrected chi connectivity index (χ2v) is 4.99.